The zero-order chi connectivity index (χ0) is 20.2. The zero-order valence-corrected chi connectivity index (χ0v) is 17.3. The van der Waals surface area contributed by atoms with Crippen molar-refractivity contribution in [2.45, 2.75) is 44.0 Å². The third-order valence-corrected chi connectivity index (χ3v) is 5.50. The van der Waals surface area contributed by atoms with Gasteiger partial charge in [0, 0.05) is 12.3 Å². The number of sulfone groups is 1. The van der Waals surface area contributed by atoms with E-state index in [1.165, 1.54) is 17.9 Å². The molecule has 1 atom stereocenters. The predicted molar refractivity (Wildman–Crippen MR) is 110 cm³/mol. The fourth-order valence-corrected chi connectivity index (χ4v) is 3.25. The minimum absolute atomic E-state index is 0.0989. The van der Waals surface area contributed by atoms with Gasteiger partial charge in [0.15, 0.2) is 9.84 Å². The van der Waals surface area contributed by atoms with Gasteiger partial charge in [-0.15, -0.1) is 0 Å². The molecule has 0 heterocycles. The van der Waals surface area contributed by atoms with Crippen molar-refractivity contribution in [1.29, 1.82) is 0 Å². The standard InChI is InChI=1S/C22H27NO3S/c1-16(18-9-13-20(14-10-18)27(5,25)26)23-21(24)15-8-17-6-11-19(12-7-17)22(2,3)4/h6-16H,1-5H3,(H,23,24)/b15-8+/t16-/m0/s1. The van der Waals surface area contributed by atoms with Crippen LogP contribution in [0.5, 0.6) is 0 Å². The Kier molecular flexibility index (Phi) is 6.26. The van der Waals surface area contributed by atoms with Crippen molar-refractivity contribution in [3.63, 3.8) is 0 Å². The topological polar surface area (TPSA) is 63.2 Å². The molecule has 0 spiro atoms. The van der Waals surface area contributed by atoms with Gasteiger partial charge in [0.2, 0.25) is 5.91 Å². The number of carbonyl (C=O) groups is 1. The molecule has 27 heavy (non-hydrogen) atoms. The van der Waals surface area contributed by atoms with Crippen LogP contribution in [0.4, 0.5) is 0 Å². The Morgan fingerprint density at radius 1 is 1.00 bits per heavy atom. The maximum absolute atomic E-state index is 12.2. The summed E-state index contributed by atoms with van der Waals surface area (Å²) in [6, 6.07) is 14.5. The van der Waals surface area contributed by atoms with E-state index in [0.717, 1.165) is 11.1 Å². The van der Waals surface area contributed by atoms with E-state index in [0.29, 0.717) is 0 Å². The molecule has 0 saturated carbocycles. The molecule has 0 aliphatic heterocycles. The lowest BCUT2D eigenvalue weighted by Crippen LogP contribution is -2.24. The quantitative estimate of drug-likeness (QED) is 0.782. The van der Waals surface area contributed by atoms with E-state index in [4.69, 9.17) is 0 Å². The lowest BCUT2D eigenvalue weighted by Gasteiger charge is -2.18. The van der Waals surface area contributed by atoms with Gasteiger partial charge in [-0.2, -0.15) is 0 Å². The van der Waals surface area contributed by atoms with Gasteiger partial charge in [-0.3, -0.25) is 4.79 Å². The Balaban J connectivity index is 1.99. The molecule has 4 nitrogen and oxygen atoms in total. The van der Waals surface area contributed by atoms with Crippen molar-refractivity contribution in [1.82, 2.24) is 5.32 Å². The number of amides is 1. The molecular weight excluding hydrogens is 358 g/mol. The average molecular weight is 386 g/mol. The highest BCUT2D eigenvalue weighted by Gasteiger charge is 2.13. The van der Waals surface area contributed by atoms with Crippen LogP contribution < -0.4 is 5.32 Å². The lowest BCUT2D eigenvalue weighted by atomic mass is 9.87. The van der Waals surface area contributed by atoms with Crippen molar-refractivity contribution < 1.29 is 13.2 Å². The van der Waals surface area contributed by atoms with Crippen LogP contribution in [-0.2, 0) is 20.0 Å². The number of carbonyl (C=O) groups excluding carboxylic acids is 1. The first-order valence-electron chi connectivity index (χ1n) is 8.86. The number of hydrogen-bond donors (Lipinski definition) is 1. The van der Waals surface area contributed by atoms with Crippen LogP contribution in [0, 0.1) is 0 Å². The molecule has 144 valence electrons. The first kappa shape index (κ1) is 20.9. The summed E-state index contributed by atoms with van der Waals surface area (Å²) in [5, 5.41) is 2.89. The SMILES string of the molecule is C[C@H](NC(=O)/C=C/c1ccc(C(C)(C)C)cc1)c1ccc(S(C)(=O)=O)cc1. The van der Waals surface area contributed by atoms with E-state index in [2.05, 4.69) is 38.2 Å². The molecule has 0 aliphatic rings. The summed E-state index contributed by atoms with van der Waals surface area (Å²) in [4.78, 5) is 12.4. The van der Waals surface area contributed by atoms with Crippen LogP contribution in [0.15, 0.2) is 59.5 Å². The maximum atomic E-state index is 12.2. The van der Waals surface area contributed by atoms with Crippen molar-refractivity contribution in [2.75, 3.05) is 6.26 Å². The maximum Gasteiger partial charge on any atom is 0.244 e. The molecule has 0 bridgehead atoms. The fraction of sp³-hybridized carbons (Fsp3) is 0.318. The smallest absolute Gasteiger partial charge is 0.244 e. The number of rotatable bonds is 5. The molecule has 1 N–H and O–H groups in total. The third-order valence-electron chi connectivity index (χ3n) is 4.37. The second-order valence-corrected chi connectivity index (χ2v) is 9.79. The molecule has 2 aromatic carbocycles. The fourth-order valence-electron chi connectivity index (χ4n) is 2.61. The van der Waals surface area contributed by atoms with E-state index in [9.17, 15) is 13.2 Å². The van der Waals surface area contributed by atoms with Gasteiger partial charge < -0.3 is 5.32 Å². The summed E-state index contributed by atoms with van der Waals surface area (Å²) in [5.74, 6) is -0.199. The molecule has 0 aromatic heterocycles. The zero-order valence-electron chi connectivity index (χ0n) is 16.5. The summed E-state index contributed by atoms with van der Waals surface area (Å²) >= 11 is 0. The second kappa shape index (κ2) is 8.09. The van der Waals surface area contributed by atoms with Crippen molar-refractivity contribution in [3.05, 3.63) is 71.3 Å². The lowest BCUT2D eigenvalue weighted by molar-refractivity contribution is -0.117. The summed E-state index contributed by atoms with van der Waals surface area (Å²) in [6.07, 6.45) is 4.46. The molecule has 2 rings (SSSR count). The highest BCUT2D eigenvalue weighted by molar-refractivity contribution is 7.90. The number of benzene rings is 2. The summed E-state index contributed by atoms with van der Waals surface area (Å²) < 4.78 is 23.0. The van der Waals surface area contributed by atoms with Crippen molar-refractivity contribution in [3.8, 4) is 0 Å². The Morgan fingerprint density at radius 3 is 2.04 bits per heavy atom. The number of nitrogens with one attached hydrogen (secondary N) is 1. The first-order valence-corrected chi connectivity index (χ1v) is 10.7. The molecule has 0 saturated heterocycles. The van der Waals surface area contributed by atoms with Crippen molar-refractivity contribution >= 4 is 21.8 Å². The van der Waals surface area contributed by atoms with Crippen LogP contribution in [0.25, 0.3) is 6.08 Å². The molecule has 5 heteroatoms. The van der Waals surface area contributed by atoms with E-state index >= 15 is 0 Å². The molecule has 0 unspecified atom stereocenters. The minimum Gasteiger partial charge on any atom is -0.346 e. The minimum atomic E-state index is -3.22. The molecule has 0 radical (unpaired) electrons. The van der Waals surface area contributed by atoms with E-state index in [1.807, 2.05) is 19.1 Å². The monoisotopic (exact) mass is 385 g/mol. The van der Waals surface area contributed by atoms with E-state index < -0.39 is 9.84 Å². The molecule has 2 aromatic rings. The Bertz CT molecular complexity index is 919. The van der Waals surface area contributed by atoms with Gasteiger partial charge in [-0.25, -0.2) is 8.42 Å². The highest BCUT2D eigenvalue weighted by Crippen LogP contribution is 2.22. The number of hydrogen-bond acceptors (Lipinski definition) is 3. The predicted octanol–water partition coefficient (Wildman–Crippen LogP) is 4.28. The first-order chi connectivity index (χ1) is 12.5. The Labute approximate surface area is 162 Å². The Morgan fingerprint density at radius 2 is 1.56 bits per heavy atom. The molecular formula is C22H27NO3S. The van der Waals surface area contributed by atoms with Crippen LogP contribution in [0.2, 0.25) is 0 Å². The van der Waals surface area contributed by atoms with E-state index in [1.54, 1.807) is 30.3 Å². The Hall–Kier alpha value is -2.40. The van der Waals surface area contributed by atoms with Gasteiger partial charge >= 0.3 is 0 Å². The average Bonchev–Trinajstić information content (AvgIpc) is 2.59. The van der Waals surface area contributed by atoms with Gasteiger partial charge in [0.25, 0.3) is 0 Å². The summed E-state index contributed by atoms with van der Waals surface area (Å²) in [5.41, 5.74) is 3.15. The third kappa shape index (κ3) is 6.07. The largest absolute Gasteiger partial charge is 0.346 e. The van der Waals surface area contributed by atoms with Crippen molar-refractivity contribution in [2.24, 2.45) is 0 Å². The highest BCUT2D eigenvalue weighted by atomic mass is 32.2. The van der Waals surface area contributed by atoms with Gasteiger partial charge in [-0.05, 0) is 47.2 Å². The molecule has 0 fully saturated rings. The van der Waals surface area contributed by atoms with Gasteiger partial charge in [0.05, 0.1) is 10.9 Å². The van der Waals surface area contributed by atoms with Gasteiger partial charge in [0.1, 0.15) is 0 Å². The molecule has 0 aliphatic carbocycles. The summed E-state index contributed by atoms with van der Waals surface area (Å²) in [6.45, 7) is 8.35. The van der Waals surface area contributed by atoms with Crippen LogP contribution in [0.1, 0.15) is 50.4 Å². The normalized spacial score (nSPS) is 13.5. The van der Waals surface area contributed by atoms with Crippen LogP contribution >= 0.6 is 0 Å². The second-order valence-electron chi connectivity index (χ2n) is 7.78. The van der Waals surface area contributed by atoms with E-state index in [-0.39, 0.29) is 22.3 Å². The van der Waals surface area contributed by atoms with Gasteiger partial charge in [-0.1, -0.05) is 57.2 Å². The van der Waals surface area contributed by atoms with Crippen LogP contribution in [-0.4, -0.2) is 20.6 Å². The summed E-state index contributed by atoms with van der Waals surface area (Å²) in [7, 11) is -3.22. The van der Waals surface area contributed by atoms with Crippen LogP contribution in [0.3, 0.4) is 0 Å². The molecule has 1 amide bonds.